The quantitative estimate of drug-likeness (QED) is 0.449. The molecule has 0 bridgehead atoms. The second-order valence-electron chi connectivity index (χ2n) is 8.14. The van der Waals surface area contributed by atoms with E-state index in [0.717, 1.165) is 42.6 Å². The Hall–Kier alpha value is -3.19. The number of carbonyl (C=O) groups is 3. The number of hydrogen-bond donors (Lipinski definition) is 3. The van der Waals surface area contributed by atoms with Crippen LogP contribution in [0, 0.1) is 0 Å². The van der Waals surface area contributed by atoms with Crippen molar-refractivity contribution in [3.63, 3.8) is 0 Å². The molecule has 1 fully saturated rings. The Bertz CT molecular complexity index is 987. The predicted octanol–water partition coefficient (Wildman–Crippen LogP) is 2.34. The normalized spacial score (nSPS) is 18.2. The first-order valence-electron chi connectivity index (χ1n) is 10.8. The fourth-order valence-electron chi connectivity index (χ4n) is 4.28. The Kier molecular flexibility index (Phi) is 6.32. The highest BCUT2D eigenvalue weighted by molar-refractivity contribution is 6.05. The summed E-state index contributed by atoms with van der Waals surface area (Å²) < 4.78 is 0. The van der Waals surface area contributed by atoms with Gasteiger partial charge in [-0.2, -0.15) is 0 Å². The van der Waals surface area contributed by atoms with Gasteiger partial charge in [-0.25, -0.2) is 0 Å². The maximum absolute atomic E-state index is 12.9. The lowest BCUT2D eigenvalue weighted by atomic mass is 10.0. The average Bonchev–Trinajstić information content (AvgIpc) is 3.10. The summed E-state index contributed by atoms with van der Waals surface area (Å²) in [6, 6.07) is 13.5. The van der Waals surface area contributed by atoms with Crippen molar-refractivity contribution in [3.05, 3.63) is 64.7 Å². The Labute approximate surface area is 182 Å². The number of amides is 3. The topological polar surface area (TPSA) is 105 Å². The summed E-state index contributed by atoms with van der Waals surface area (Å²) in [6.07, 6.45) is 3.79. The average molecular weight is 421 g/mol. The van der Waals surface area contributed by atoms with Crippen LogP contribution in [-0.2, 0) is 29.1 Å². The van der Waals surface area contributed by atoms with E-state index < -0.39 is 6.04 Å². The van der Waals surface area contributed by atoms with Crippen LogP contribution in [0.5, 0.6) is 0 Å². The van der Waals surface area contributed by atoms with Gasteiger partial charge in [0.05, 0.1) is 0 Å². The van der Waals surface area contributed by atoms with Crippen molar-refractivity contribution in [2.75, 3.05) is 11.9 Å². The number of imide groups is 1. The maximum Gasteiger partial charge on any atom is 0.255 e. The number of fused-ring (bicyclic) bond motifs is 1. The summed E-state index contributed by atoms with van der Waals surface area (Å²) in [4.78, 5) is 38.2. The summed E-state index contributed by atoms with van der Waals surface area (Å²) in [5, 5.41) is 5.78. The summed E-state index contributed by atoms with van der Waals surface area (Å²) in [7, 11) is 0. The Morgan fingerprint density at radius 2 is 1.87 bits per heavy atom. The molecule has 0 spiro atoms. The molecule has 162 valence electrons. The second-order valence-corrected chi connectivity index (χ2v) is 8.14. The largest absolute Gasteiger partial charge is 0.381 e. The Balaban J connectivity index is 1.42. The molecule has 2 heterocycles. The molecule has 1 unspecified atom stereocenters. The van der Waals surface area contributed by atoms with Crippen LogP contribution in [0.3, 0.4) is 0 Å². The summed E-state index contributed by atoms with van der Waals surface area (Å²) >= 11 is 0. The fraction of sp³-hybridized carbons (Fsp3) is 0.375. The molecule has 0 saturated carbocycles. The van der Waals surface area contributed by atoms with E-state index in [1.54, 1.807) is 4.90 Å². The van der Waals surface area contributed by atoms with E-state index in [-0.39, 0.29) is 24.1 Å². The smallest absolute Gasteiger partial charge is 0.255 e. The van der Waals surface area contributed by atoms with Gasteiger partial charge in [-0.05, 0) is 67.1 Å². The number of aryl methyl sites for hydroxylation is 1. The van der Waals surface area contributed by atoms with Crippen molar-refractivity contribution in [2.24, 2.45) is 5.73 Å². The van der Waals surface area contributed by atoms with Gasteiger partial charge in [0.1, 0.15) is 6.04 Å². The third kappa shape index (κ3) is 4.61. The molecule has 4 N–H and O–H groups in total. The van der Waals surface area contributed by atoms with Gasteiger partial charge in [-0.15, -0.1) is 0 Å². The number of rotatable bonds is 8. The first-order valence-corrected chi connectivity index (χ1v) is 10.8. The SMILES string of the molecule is NCCCCc1ccc(NCc2cccc3c2CN(C2CCC(=O)NC2=O)C3=O)cc1. The van der Waals surface area contributed by atoms with E-state index in [1.807, 2.05) is 18.2 Å². The molecule has 0 aliphatic carbocycles. The summed E-state index contributed by atoms with van der Waals surface area (Å²) in [5.41, 5.74) is 10.5. The molecule has 1 saturated heterocycles. The number of benzene rings is 2. The van der Waals surface area contributed by atoms with Crippen molar-refractivity contribution in [2.45, 2.75) is 51.2 Å². The Morgan fingerprint density at radius 3 is 2.61 bits per heavy atom. The van der Waals surface area contributed by atoms with Crippen LogP contribution in [0.1, 0.15) is 52.7 Å². The minimum atomic E-state index is -0.592. The molecule has 0 aromatic heterocycles. The molecule has 4 rings (SSSR count). The Morgan fingerprint density at radius 1 is 1.06 bits per heavy atom. The molecule has 2 aromatic rings. The van der Waals surface area contributed by atoms with Gasteiger partial charge in [0.2, 0.25) is 11.8 Å². The van der Waals surface area contributed by atoms with Crippen LogP contribution >= 0.6 is 0 Å². The molecule has 2 aromatic carbocycles. The zero-order valence-electron chi connectivity index (χ0n) is 17.5. The van der Waals surface area contributed by atoms with Crippen molar-refractivity contribution >= 4 is 23.4 Å². The standard InChI is InChI=1S/C24H28N4O3/c25-13-2-1-4-16-7-9-18(10-8-16)26-14-17-5-3-6-19-20(17)15-28(24(19)31)21-11-12-22(29)27-23(21)30/h3,5-10,21,26H,1-2,4,11-15,25H2,(H,27,29,30). The highest BCUT2D eigenvalue weighted by Gasteiger charge is 2.39. The van der Waals surface area contributed by atoms with Gasteiger partial charge >= 0.3 is 0 Å². The lowest BCUT2D eigenvalue weighted by Crippen LogP contribution is -2.52. The van der Waals surface area contributed by atoms with Crippen molar-refractivity contribution < 1.29 is 14.4 Å². The van der Waals surface area contributed by atoms with E-state index >= 15 is 0 Å². The van der Waals surface area contributed by atoms with Crippen LogP contribution in [0.2, 0.25) is 0 Å². The third-order valence-electron chi connectivity index (χ3n) is 6.04. The van der Waals surface area contributed by atoms with Gasteiger partial charge in [0.15, 0.2) is 0 Å². The number of nitrogens with two attached hydrogens (primary N) is 1. The molecule has 1 atom stereocenters. The maximum atomic E-state index is 12.9. The number of nitrogens with zero attached hydrogens (tertiary/aromatic N) is 1. The van der Waals surface area contributed by atoms with Gasteiger partial charge in [-0.1, -0.05) is 24.3 Å². The van der Waals surface area contributed by atoms with Crippen molar-refractivity contribution in [3.8, 4) is 0 Å². The highest BCUT2D eigenvalue weighted by atomic mass is 16.2. The molecular weight excluding hydrogens is 392 g/mol. The zero-order valence-corrected chi connectivity index (χ0v) is 17.5. The fourth-order valence-corrected chi connectivity index (χ4v) is 4.28. The lowest BCUT2D eigenvalue weighted by Gasteiger charge is -2.29. The molecule has 31 heavy (non-hydrogen) atoms. The number of unbranched alkanes of at least 4 members (excludes halogenated alkanes) is 1. The van der Waals surface area contributed by atoms with Crippen LogP contribution in [-0.4, -0.2) is 35.2 Å². The number of anilines is 1. The predicted molar refractivity (Wildman–Crippen MR) is 118 cm³/mol. The van der Waals surface area contributed by atoms with E-state index in [1.165, 1.54) is 5.56 Å². The van der Waals surface area contributed by atoms with Gasteiger partial charge < -0.3 is 16.0 Å². The summed E-state index contributed by atoms with van der Waals surface area (Å²) in [5.74, 6) is -0.808. The second kappa shape index (κ2) is 9.31. The minimum absolute atomic E-state index is 0.145. The zero-order chi connectivity index (χ0) is 21.8. The van der Waals surface area contributed by atoms with Crippen LogP contribution in [0.25, 0.3) is 0 Å². The van der Waals surface area contributed by atoms with Crippen LogP contribution < -0.4 is 16.4 Å². The molecule has 7 nitrogen and oxygen atoms in total. The molecule has 7 heteroatoms. The van der Waals surface area contributed by atoms with Gasteiger partial charge in [0.25, 0.3) is 5.91 Å². The number of carbonyl (C=O) groups excluding carboxylic acids is 3. The van der Waals surface area contributed by atoms with Gasteiger partial charge in [0, 0.05) is 30.8 Å². The summed E-state index contributed by atoms with van der Waals surface area (Å²) in [6.45, 7) is 1.70. The van der Waals surface area contributed by atoms with E-state index in [9.17, 15) is 14.4 Å². The lowest BCUT2D eigenvalue weighted by molar-refractivity contribution is -0.136. The van der Waals surface area contributed by atoms with Crippen LogP contribution in [0.4, 0.5) is 5.69 Å². The molecule has 0 radical (unpaired) electrons. The molecule has 2 aliphatic heterocycles. The third-order valence-corrected chi connectivity index (χ3v) is 6.04. The number of nitrogens with one attached hydrogen (secondary N) is 2. The number of hydrogen-bond acceptors (Lipinski definition) is 5. The molecular formula is C24H28N4O3. The van der Waals surface area contributed by atoms with E-state index in [2.05, 4.69) is 34.9 Å². The first kappa shape index (κ1) is 21.1. The molecule has 2 aliphatic rings. The monoisotopic (exact) mass is 420 g/mol. The van der Waals surface area contributed by atoms with Crippen molar-refractivity contribution in [1.82, 2.24) is 10.2 Å². The highest BCUT2D eigenvalue weighted by Crippen LogP contribution is 2.30. The van der Waals surface area contributed by atoms with E-state index in [0.29, 0.717) is 25.1 Å². The molecule has 3 amide bonds. The number of piperidine rings is 1. The van der Waals surface area contributed by atoms with E-state index in [4.69, 9.17) is 5.73 Å². The van der Waals surface area contributed by atoms with Crippen molar-refractivity contribution in [1.29, 1.82) is 0 Å². The van der Waals surface area contributed by atoms with Gasteiger partial charge in [-0.3, -0.25) is 19.7 Å². The van der Waals surface area contributed by atoms with Crippen LogP contribution in [0.15, 0.2) is 42.5 Å². The minimum Gasteiger partial charge on any atom is -0.381 e. The first-order chi connectivity index (χ1) is 15.1.